The summed E-state index contributed by atoms with van der Waals surface area (Å²) in [6, 6.07) is 1.83. The minimum absolute atomic E-state index is 0.0423. The molecule has 0 saturated carbocycles. The normalized spacial score (nSPS) is 19.6. The molecule has 0 atom stereocenters. The van der Waals surface area contributed by atoms with Crippen molar-refractivity contribution in [3.63, 3.8) is 0 Å². The monoisotopic (exact) mass is 360 g/mol. The first-order valence-electron chi connectivity index (χ1n) is 7.85. The lowest BCUT2D eigenvalue weighted by Gasteiger charge is -2.44. The number of hydrogen-bond acceptors (Lipinski definition) is 5. The van der Waals surface area contributed by atoms with Gasteiger partial charge in [-0.25, -0.2) is 14.8 Å². The molecule has 0 aromatic carbocycles. The fourth-order valence-electron chi connectivity index (χ4n) is 2.97. The highest BCUT2D eigenvalue weighted by Gasteiger charge is 2.39. The summed E-state index contributed by atoms with van der Waals surface area (Å²) in [7, 11) is 0. The number of carbonyl (C=O) groups excluding carboxylic acids is 1. The number of nitrogens with one attached hydrogen (secondary N) is 1. The van der Waals surface area contributed by atoms with E-state index in [0.29, 0.717) is 6.42 Å². The fraction of sp³-hybridized carbons (Fsp3) is 0.600. The number of anilines is 1. The van der Waals surface area contributed by atoms with E-state index < -0.39 is 12.1 Å². The molecular weight excluding hydrogens is 341 g/mol. The fourth-order valence-corrected chi connectivity index (χ4v) is 2.97. The minimum Gasteiger partial charge on any atom is -0.475 e. The van der Waals surface area contributed by atoms with E-state index in [1.54, 1.807) is 12.4 Å². The second-order valence-corrected chi connectivity index (χ2v) is 6.02. The summed E-state index contributed by atoms with van der Waals surface area (Å²) in [5, 5.41) is 10.3. The van der Waals surface area contributed by atoms with Crippen LogP contribution in [-0.4, -0.2) is 51.8 Å². The van der Waals surface area contributed by atoms with Gasteiger partial charge in [0.25, 0.3) is 0 Å². The Balaban J connectivity index is 0.000000277. The van der Waals surface area contributed by atoms with Crippen molar-refractivity contribution >= 4 is 17.8 Å². The molecule has 7 nitrogen and oxygen atoms in total. The van der Waals surface area contributed by atoms with E-state index in [9.17, 15) is 18.0 Å². The first kappa shape index (κ1) is 18.9. The van der Waals surface area contributed by atoms with Crippen LogP contribution in [0.1, 0.15) is 32.1 Å². The molecule has 3 heterocycles. The molecule has 0 unspecified atom stereocenters. The Morgan fingerprint density at radius 3 is 2.24 bits per heavy atom. The van der Waals surface area contributed by atoms with Gasteiger partial charge in [-0.3, -0.25) is 4.79 Å². The van der Waals surface area contributed by atoms with Crippen molar-refractivity contribution in [2.24, 2.45) is 0 Å². The van der Waals surface area contributed by atoms with Crippen molar-refractivity contribution in [3.05, 3.63) is 18.5 Å². The molecule has 3 rings (SSSR count). The lowest BCUT2D eigenvalue weighted by atomic mass is 9.80. The van der Waals surface area contributed by atoms with Gasteiger partial charge in [-0.15, -0.1) is 0 Å². The maximum Gasteiger partial charge on any atom is 0.490 e. The van der Waals surface area contributed by atoms with Gasteiger partial charge in [-0.1, -0.05) is 0 Å². The third kappa shape index (κ3) is 5.30. The maximum atomic E-state index is 11.5. The number of amides is 1. The topological polar surface area (TPSA) is 95.4 Å². The van der Waals surface area contributed by atoms with Crippen molar-refractivity contribution in [2.75, 3.05) is 18.0 Å². The van der Waals surface area contributed by atoms with E-state index in [1.807, 2.05) is 6.07 Å². The highest BCUT2D eigenvalue weighted by atomic mass is 19.4. The molecule has 25 heavy (non-hydrogen) atoms. The van der Waals surface area contributed by atoms with Crippen LogP contribution in [0.3, 0.4) is 0 Å². The number of nitrogens with zero attached hydrogens (tertiary/aromatic N) is 3. The molecule has 1 spiro atoms. The van der Waals surface area contributed by atoms with Crippen molar-refractivity contribution in [1.82, 2.24) is 15.3 Å². The van der Waals surface area contributed by atoms with Gasteiger partial charge in [-0.05, 0) is 31.7 Å². The summed E-state index contributed by atoms with van der Waals surface area (Å²) in [5.74, 6) is -1.74. The van der Waals surface area contributed by atoms with E-state index in [0.717, 1.165) is 44.7 Å². The first-order valence-corrected chi connectivity index (χ1v) is 7.85. The number of piperidine rings is 2. The molecule has 1 amide bonds. The number of hydrogen-bond donors (Lipinski definition) is 2. The average Bonchev–Trinajstić information content (AvgIpc) is 2.56. The van der Waals surface area contributed by atoms with Crippen molar-refractivity contribution in [1.29, 1.82) is 0 Å². The Labute approximate surface area is 142 Å². The van der Waals surface area contributed by atoms with Crippen LogP contribution in [0.15, 0.2) is 18.5 Å². The molecule has 2 N–H and O–H groups in total. The zero-order valence-corrected chi connectivity index (χ0v) is 13.4. The van der Waals surface area contributed by atoms with Crippen LogP contribution < -0.4 is 10.2 Å². The summed E-state index contributed by atoms with van der Waals surface area (Å²) in [6.45, 7) is 1.84. The Kier molecular flexibility index (Phi) is 5.81. The van der Waals surface area contributed by atoms with Gasteiger partial charge >= 0.3 is 12.1 Å². The summed E-state index contributed by atoms with van der Waals surface area (Å²) in [5.41, 5.74) is 0.0423. The molecule has 2 aliphatic rings. The third-order valence-electron chi connectivity index (χ3n) is 4.26. The number of rotatable bonds is 1. The van der Waals surface area contributed by atoms with E-state index in [2.05, 4.69) is 20.2 Å². The van der Waals surface area contributed by atoms with Gasteiger partial charge in [0.1, 0.15) is 0 Å². The van der Waals surface area contributed by atoms with Crippen LogP contribution in [0, 0.1) is 0 Å². The number of carbonyl (C=O) groups is 2. The van der Waals surface area contributed by atoms with Crippen LogP contribution in [-0.2, 0) is 9.59 Å². The van der Waals surface area contributed by atoms with Crippen molar-refractivity contribution in [3.8, 4) is 0 Å². The summed E-state index contributed by atoms with van der Waals surface area (Å²) in [4.78, 5) is 31.2. The third-order valence-corrected chi connectivity index (χ3v) is 4.26. The maximum absolute atomic E-state index is 11.5. The van der Waals surface area contributed by atoms with Gasteiger partial charge < -0.3 is 15.3 Å². The number of carboxylic acids is 1. The molecule has 2 aliphatic heterocycles. The van der Waals surface area contributed by atoms with Gasteiger partial charge in [0.05, 0.1) is 0 Å². The quantitative estimate of drug-likeness (QED) is 0.792. The van der Waals surface area contributed by atoms with Crippen LogP contribution >= 0.6 is 0 Å². The minimum atomic E-state index is -5.08. The molecule has 1 aromatic rings. The molecular formula is C15H19F3N4O3. The molecule has 2 saturated heterocycles. The Morgan fingerprint density at radius 2 is 1.76 bits per heavy atom. The molecule has 1 aromatic heterocycles. The van der Waals surface area contributed by atoms with Gasteiger partial charge in [-0.2, -0.15) is 13.2 Å². The Morgan fingerprint density at radius 1 is 1.20 bits per heavy atom. The van der Waals surface area contributed by atoms with E-state index in [-0.39, 0.29) is 11.4 Å². The Hall–Kier alpha value is -2.39. The lowest BCUT2D eigenvalue weighted by molar-refractivity contribution is -0.192. The summed E-state index contributed by atoms with van der Waals surface area (Å²) in [6.07, 6.45) is 3.28. The summed E-state index contributed by atoms with van der Waals surface area (Å²) >= 11 is 0. The van der Waals surface area contributed by atoms with E-state index >= 15 is 0 Å². The first-order chi connectivity index (χ1) is 11.7. The number of alkyl halides is 3. The van der Waals surface area contributed by atoms with Gasteiger partial charge in [0.15, 0.2) is 0 Å². The van der Waals surface area contributed by atoms with Crippen LogP contribution in [0.4, 0.5) is 19.1 Å². The van der Waals surface area contributed by atoms with Crippen molar-refractivity contribution < 1.29 is 27.9 Å². The molecule has 10 heteroatoms. The van der Waals surface area contributed by atoms with Crippen LogP contribution in [0.5, 0.6) is 0 Å². The smallest absolute Gasteiger partial charge is 0.475 e. The number of aliphatic carboxylic acids is 1. The van der Waals surface area contributed by atoms with Crippen LogP contribution in [0.2, 0.25) is 0 Å². The number of carboxylic acid groups (broad SMARTS) is 1. The predicted octanol–water partition coefficient (Wildman–Crippen LogP) is 1.75. The Bertz CT molecular complexity index is 602. The highest BCUT2D eigenvalue weighted by Crippen LogP contribution is 2.31. The van der Waals surface area contributed by atoms with Gasteiger partial charge in [0, 0.05) is 37.4 Å². The van der Waals surface area contributed by atoms with Crippen LogP contribution in [0.25, 0.3) is 0 Å². The molecule has 2 fully saturated rings. The van der Waals surface area contributed by atoms with E-state index in [4.69, 9.17) is 9.90 Å². The zero-order valence-electron chi connectivity index (χ0n) is 13.4. The largest absolute Gasteiger partial charge is 0.490 e. The molecule has 0 radical (unpaired) electrons. The lowest BCUT2D eigenvalue weighted by Crippen LogP contribution is -2.57. The average molecular weight is 360 g/mol. The second-order valence-electron chi connectivity index (χ2n) is 6.02. The molecule has 0 aliphatic carbocycles. The standard InChI is InChI=1S/C13H18N4O.C2HF3O2/c18-11-3-1-4-13(16-11)5-9-17(10-6-13)12-14-7-2-8-15-12;3-2(4,5)1(6)7/h2,7-8H,1,3-6,9-10H2,(H,16,18);(H,6,7). The SMILES string of the molecule is O=C(O)C(F)(F)F.O=C1CCCC2(CCN(c3ncccn3)CC2)N1. The number of aromatic nitrogens is 2. The van der Waals surface area contributed by atoms with Gasteiger partial charge in [0.2, 0.25) is 11.9 Å². The highest BCUT2D eigenvalue weighted by molar-refractivity contribution is 5.77. The predicted molar refractivity (Wildman–Crippen MR) is 81.9 cm³/mol. The second kappa shape index (κ2) is 7.66. The molecule has 138 valence electrons. The number of halogens is 3. The molecule has 0 bridgehead atoms. The van der Waals surface area contributed by atoms with E-state index in [1.165, 1.54) is 0 Å². The van der Waals surface area contributed by atoms with Crippen molar-refractivity contribution in [2.45, 2.75) is 43.8 Å². The summed E-state index contributed by atoms with van der Waals surface area (Å²) < 4.78 is 31.7. The zero-order chi connectivity index (χ0) is 18.5.